The topological polar surface area (TPSA) is 86.7 Å². The van der Waals surface area contributed by atoms with Gasteiger partial charge in [-0.25, -0.2) is 8.42 Å². The highest BCUT2D eigenvalue weighted by molar-refractivity contribution is 7.92. The molecule has 2 aromatic carbocycles. The minimum absolute atomic E-state index is 0.0360. The summed E-state index contributed by atoms with van der Waals surface area (Å²) in [5, 5.41) is 13.2. The molecule has 0 aromatic heterocycles. The van der Waals surface area contributed by atoms with Crippen LogP contribution in [-0.2, 0) is 20.2 Å². The van der Waals surface area contributed by atoms with Crippen LogP contribution in [0.2, 0.25) is 0 Å². The summed E-state index contributed by atoms with van der Waals surface area (Å²) in [7, 11) is -3.34. The van der Waals surface area contributed by atoms with Crippen molar-refractivity contribution in [1.82, 2.24) is 5.32 Å². The SMILES string of the molecule is CS(=O)(=O)N1C[C@]2(CC[C@@H](C(=O)NCC(O)c3ccccc3)CC2)c2ccccc21. The van der Waals surface area contributed by atoms with Crippen LogP contribution in [0.25, 0.3) is 0 Å². The molecule has 1 aliphatic heterocycles. The van der Waals surface area contributed by atoms with Gasteiger partial charge in [0.15, 0.2) is 0 Å². The number of nitrogens with one attached hydrogen (secondary N) is 1. The van der Waals surface area contributed by atoms with Crippen LogP contribution in [0.1, 0.15) is 42.9 Å². The number of carbonyl (C=O) groups excluding carboxylic acids is 1. The predicted molar refractivity (Wildman–Crippen MR) is 117 cm³/mol. The summed E-state index contributed by atoms with van der Waals surface area (Å²) < 4.78 is 26.1. The van der Waals surface area contributed by atoms with Crippen molar-refractivity contribution in [2.24, 2.45) is 5.92 Å². The number of amides is 1. The number of rotatable bonds is 5. The number of carbonyl (C=O) groups is 1. The number of anilines is 1. The fourth-order valence-corrected chi connectivity index (χ4v) is 5.87. The third-order valence-electron chi connectivity index (χ3n) is 6.56. The van der Waals surface area contributed by atoms with Crippen LogP contribution in [0.15, 0.2) is 54.6 Å². The number of aliphatic hydroxyl groups excluding tert-OH is 1. The summed E-state index contributed by atoms with van der Waals surface area (Å²) in [6, 6.07) is 17.0. The normalized spacial score (nSPS) is 24.5. The quantitative estimate of drug-likeness (QED) is 0.767. The predicted octanol–water partition coefficient (Wildman–Crippen LogP) is 2.74. The van der Waals surface area contributed by atoms with E-state index in [0.717, 1.165) is 29.7 Å². The van der Waals surface area contributed by atoms with Gasteiger partial charge in [0.05, 0.1) is 18.0 Å². The van der Waals surface area contributed by atoms with Gasteiger partial charge >= 0.3 is 0 Å². The van der Waals surface area contributed by atoms with Crippen molar-refractivity contribution >= 4 is 21.6 Å². The number of nitrogens with zero attached hydrogens (tertiary/aromatic N) is 1. The van der Waals surface area contributed by atoms with Crippen molar-refractivity contribution in [3.8, 4) is 0 Å². The van der Waals surface area contributed by atoms with E-state index in [0.29, 0.717) is 19.4 Å². The van der Waals surface area contributed by atoms with Gasteiger partial charge in [0.2, 0.25) is 15.9 Å². The molecule has 1 saturated carbocycles. The lowest BCUT2D eigenvalue weighted by Gasteiger charge is -2.37. The lowest BCUT2D eigenvalue weighted by molar-refractivity contribution is -0.126. The first kappa shape index (κ1) is 20.9. The van der Waals surface area contributed by atoms with Crippen LogP contribution >= 0.6 is 0 Å². The third kappa shape index (κ3) is 3.96. The van der Waals surface area contributed by atoms with Crippen molar-refractivity contribution in [2.45, 2.75) is 37.2 Å². The van der Waals surface area contributed by atoms with Crippen molar-refractivity contribution in [3.05, 3.63) is 65.7 Å². The molecule has 1 unspecified atom stereocenters. The zero-order valence-electron chi connectivity index (χ0n) is 17.1. The van der Waals surface area contributed by atoms with Crippen LogP contribution in [0.3, 0.4) is 0 Å². The maximum atomic E-state index is 12.7. The van der Waals surface area contributed by atoms with Crippen LogP contribution < -0.4 is 9.62 Å². The lowest BCUT2D eigenvalue weighted by Crippen LogP contribution is -2.42. The number of hydrogen-bond donors (Lipinski definition) is 2. The molecule has 6 nitrogen and oxygen atoms in total. The number of sulfonamides is 1. The molecule has 2 aromatic rings. The van der Waals surface area contributed by atoms with E-state index >= 15 is 0 Å². The highest BCUT2D eigenvalue weighted by Gasteiger charge is 2.47. The first-order valence-corrected chi connectivity index (χ1v) is 12.2. The lowest BCUT2D eigenvalue weighted by atomic mass is 9.67. The third-order valence-corrected chi connectivity index (χ3v) is 7.68. The standard InChI is InChI=1S/C23H28N2O4S/c1-30(28,29)25-16-23(19-9-5-6-10-20(19)25)13-11-18(12-14-23)22(27)24-15-21(26)17-7-3-2-4-8-17/h2-10,18,21,26H,11-16H2,1H3,(H,24,27)/t18-,21?,23-. The minimum atomic E-state index is -3.34. The van der Waals surface area contributed by atoms with E-state index in [1.807, 2.05) is 54.6 Å². The second-order valence-corrected chi connectivity index (χ2v) is 10.4. The summed E-state index contributed by atoms with van der Waals surface area (Å²) in [4.78, 5) is 12.7. The number of para-hydroxylation sites is 1. The van der Waals surface area contributed by atoms with Gasteiger partial charge in [-0.05, 0) is 42.9 Å². The van der Waals surface area contributed by atoms with E-state index in [2.05, 4.69) is 5.32 Å². The molecule has 1 fully saturated rings. The Bertz CT molecular complexity index is 1010. The second kappa shape index (κ2) is 8.04. The molecular formula is C23H28N2O4S. The average molecular weight is 429 g/mol. The van der Waals surface area contributed by atoms with Gasteiger partial charge in [-0.2, -0.15) is 0 Å². The summed E-state index contributed by atoms with van der Waals surface area (Å²) in [6.45, 7) is 0.640. The minimum Gasteiger partial charge on any atom is -0.387 e. The average Bonchev–Trinajstić information content (AvgIpc) is 3.08. The molecule has 4 rings (SSSR count). The summed E-state index contributed by atoms with van der Waals surface area (Å²) in [6.07, 6.45) is 3.48. The Labute approximate surface area is 178 Å². The number of aliphatic hydroxyl groups is 1. The molecule has 30 heavy (non-hydrogen) atoms. The highest BCUT2D eigenvalue weighted by atomic mass is 32.2. The smallest absolute Gasteiger partial charge is 0.232 e. The number of benzene rings is 2. The summed E-state index contributed by atoms with van der Waals surface area (Å²) in [5.74, 6) is -0.149. The molecule has 0 saturated heterocycles. The molecule has 1 spiro atoms. The van der Waals surface area contributed by atoms with E-state index in [9.17, 15) is 18.3 Å². The van der Waals surface area contributed by atoms with Gasteiger partial charge < -0.3 is 10.4 Å². The van der Waals surface area contributed by atoms with Gasteiger partial charge in [0.1, 0.15) is 0 Å². The Balaban J connectivity index is 1.40. The van der Waals surface area contributed by atoms with Gasteiger partial charge in [-0.1, -0.05) is 48.5 Å². The molecular weight excluding hydrogens is 400 g/mol. The van der Waals surface area contributed by atoms with Crippen LogP contribution in [0.4, 0.5) is 5.69 Å². The Hall–Kier alpha value is -2.38. The van der Waals surface area contributed by atoms with Crippen LogP contribution in [0.5, 0.6) is 0 Å². The first-order chi connectivity index (χ1) is 14.3. The van der Waals surface area contributed by atoms with E-state index in [-0.39, 0.29) is 23.8 Å². The maximum Gasteiger partial charge on any atom is 0.232 e. The van der Waals surface area contributed by atoms with E-state index < -0.39 is 16.1 Å². The largest absolute Gasteiger partial charge is 0.387 e. The Kier molecular flexibility index (Phi) is 5.59. The molecule has 7 heteroatoms. The first-order valence-electron chi connectivity index (χ1n) is 10.4. The van der Waals surface area contributed by atoms with Crippen molar-refractivity contribution in [3.63, 3.8) is 0 Å². The monoisotopic (exact) mass is 428 g/mol. The molecule has 1 heterocycles. The molecule has 0 bridgehead atoms. The van der Waals surface area contributed by atoms with E-state index in [1.54, 1.807) is 0 Å². The maximum absolute atomic E-state index is 12.7. The van der Waals surface area contributed by atoms with Gasteiger partial charge in [0, 0.05) is 24.4 Å². The van der Waals surface area contributed by atoms with E-state index in [1.165, 1.54) is 10.6 Å². The number of hydrogen-bond acceptors (Lipinski definition) is 4. The van der Waals surface area contributed by atoms with Crippen molar-refractivity contribution in [1.29, 1.82) is 0 Å². The van der Waals surface area contributed by atoms with Crippen LogP contribution in [-0.4, -0.2) is 38.8 Å². The molecule has 0 radical (unpaired) electrons. The fraction of sp³-hybridized carbons (Fsp3) is 0.435. The molecule has 160 valence electrons. The summed E-state index contributed by atoms with van der Waals surface area (Å²) >= 11 is 0. The van der Waals surface area contributed by atoms with Gasteiger partial charge in [-0.15, -0.1) is 0 Å². The Morgan fingerprint density at radius 2 is 1.77 bits per heavy atom. The highest BCUT2D eigenvalue weighted by Crippen LogP contribution is 2.50. The molecule has 1 atom stereocenters. The molecule has 2 N–H and O–H groups in total. The van der Waals surface area contributed by atoms with Crippen LogP contribution in [0, 0.1) is 5.92 Å². The number of fused-ring (bicyclic) bond motifs is 2. The fourth-order valence-electron chi connectivity index (χ4n) is 4.88. The Morgan fingerprint density at radius 1 is 1.13 bits per heavy atom. The second-order valence-electron chi connectivity index (χ2n) is 8.51. The molecule has 2 aliphatic rings. The van der Waals surface area contributed by atoms with Crippen molar-refractivity contribution < 1.29 is 18.3 Å². The zero-order valence-corrected chi connectivity index (χ0v) is 17.9. The van der Waals surface area contributed by atoms with Gasteiger partial charge in [0.25, 0.3) is 0 Å². The van der Waals surface area contributed by atoms with Gasteiger partial charge in [-0.3, -0.25) is 9.10 Å². The summed E-state index contributed by atoms with van der Waals surface area (Å²) in [5.41, 5.74) is 2.41. The van der Waals surface area contributed by atoms with Crippen molar-refractivity contribution in [2.75, 3.05) is 23.7 Å². The zero-order chi connectivity index (χ0) is 21.4. The van der Waals surface area contributed by atoms with E-state index in [4.69, 9.17) is 0 Å². The Morgan fingerprint density at radius 3 is 2.43 bits per heavy atom. The molecule has 1 aliphatic carbocycles. The molecule has 1 amide bonds.